The summed E-state index contributed by atoms with van der Waals surface area (Å²) in [5.41, 5.74) is 2.87. The number of carbonyl (C=O) groups excluding carboxylic acids is 1. The molecule has 0 spiro atoms. The van der Waals surface area contributed by atoms with Gasteiger partial charge in [0.1, 0.15) is 0 Å². The molecule has 0 fully saturated rings. The van der Waals surface area contributed by atoms with Crippen LogP contribution < -0.4 is 5.32 Å². The van der Waals surface area contributed by atoms with Crippen LogP contribution in [0, 0.1) is 0 Å². The molecule has 0 unspecified atom stereocenters. The topological polar surface area (TPSA) is 46.9 Å². The Hall–Kier alpha value is -2.59. The van der Waals surface area contributed by atoms with Crippen LogP contribution in [0.4, 0.5) is 0 Å². The molecule has 0 aliphatic heterocycles. The molecule has 1 amide bonds. The van der Waals surface area contributed by atoms with E-state index in [2.05, 4.69) is 10.4 Å². The SMILES string of the molecule is O=C(NCCn1cc(Cl)cn1)c1ccc(-c2ccccc2)cc1. The molecule has 0 saturated heterocycles. The lowest BCUT2D eigenvalue weighted by atomic mass is 10.0. The second kappa shape index (κ2) is 7.11. The summed E-state index contributed by atoms with van der Waals surface area (Å²) in [6, 6.07) is 17.7. The fourth-order valence-electron chi connectivity index (χ4n) is 2.29. The van der Waals surface area contributed by atoms with Crippen molar-refractivity contribution >= 4 is 17.5 Å². The van der Waals surface area contributed by atoms with Gasteiger partial charge in [-0.3, -0.25) is 9.48 Å². The van der Waals surface area contributed by atoms with E-state index in [0.717, 1.165) is 11.1 Å². The Balaban J connectivity index is 1.57. The van der Waals surface area contributed by atoms with Gasteiger partial charge in [0.2, 0.25) is 0 Å². The van der Waals surface area contributed by atoms with Crippen LogP contribution in [0.5, 0.6) is 0 Å². The number of nitrogens with zero attached hydrogens (tertiary/aromatic N) is 2. The molecular weight excluding hydrogens is 310 g/mol. The van der Waals surface area contributed by atoms with Crippen LogP contribution in [0.15, 0.2) is 67.0 Å². The normalized spacial score (nSPS) is 10.5. The van der Waals surface area contributed by atoms with Crippen LogP contribution in [-0.2, 0) is 6.54 Å². The van der Waals surface area contributed by atoms with Gasteiger partial charge in [-0.05, 0) is 23.3 Å². The Kier molecular flexibility index (Phi) is 4.74. The first kappa shape index (κ1) is 15.3. The molecule has 3 rings (SSSR count). The van der Waals surface area contributed by atoms with E-state index in [1.165, 1.54) is 0 Å². The van der Waals surface area contributed by atoms with Gasteiger partial charge in [0.05, 0.1) is 17.8 Å². The van der Waals surface area contributed by atoms with Crippen molar-refractivity contribution in [2.45, 2.75) is 6.54 Å². The maximum Gasteiger partial charge on any atom is 0.251 e. The Bertz CT molecular complexity index is 782. The van der Waals surface area contributed by atoms with Gasteiger partial charge in [0.15, 0.2) is 0 Å². The summed E-state index contributed by atoms with van der Waals surface area (Å²) in [6.07, 6.45) is 3.30. The quantitative estimate of drug-likeness (QED) is 0.778. The van der Waals surface area contributed by atoms with Crippen LogP contribution in [-0.4, -0.2) is 22.2 Å². The summed E-state index contributed by atoms with van der Waals surface area (Å²) < 4.78 is 1.70. The summed E-state index contributed by atoms with van der Waals surface area (Å²) >= 11 is 5.79. The highest BCUT2D eigenvalue weighted by Crippen LogP contribution is 2.19. The fraction of sp³-hybridized carbons (Fsp3) is 0.111. The van der Waals surface area contributed by atoms with Gasteiger partial charge in [-0.15, -0.1) is 0 Å². The monoisotopic (exact) mass is 325 g/mol. The van der Waals surface area contributed by atoms with E-state index >= 15 is 0 Å². The Morgan fingerprint density at radius 2 is 1.74 bits per heavy atom. The standard InChI is InChI=1S/C18H16ClN3O/c19-17-12-21-22(13-17)11-10-20-18(23)16-8-6-15(7-9-16)14-4-2-1-3-5-14/h1-9,12-13H,10-11H2,(H,20,23). The number of hydrogen-bond acceptors (Lipinski definition) is 2. The van der Waals surface area contributed by atoms with E-state index in [1.807, 2.05) is 54.6 Å². The van der Waals surface area contributed by atoms with Crippen molar-refractivity contribution < 1.29 is 4.79 Å². The molecule has 3 aromatic rings. The van der Waals surface area contributed by atoms with E-state index in [1.54, 1.807) is 17.1 Å². The van der Waals surface area contributed by atoms with Crippen LogP contribution in [0.2, 0.25) is 5.02 Å². The van der Waals surface area contributed by atoms with Crippen LogP contribution in [0.1, 0.15) is 10.4 Å². The maximum absolute atomic E-state index is 12.1. The number of aromatic nitrogens is 2. The first-order valence-electron chi connectivity index (χ1n) is 7.34. The molecule has 1 heterocycles. The average molecular weight is 326 g/mol. The third-order valence-electron chi connectivity index (χ3n) is 3.48. The van der Waals surface area contributed by atoms with Crippen molar-refractivity contribution in [3.05, 3.63) is 77.6 Å². The number of amides is 1. The lowest BCUT2D eigenvalue weighted by molar-refractivity contribution is 0.0952. The van der Waals surface area contributed by atoms with Gasteiger partial charge in [-0.25, -0.2) is 0 Å². The van der Waals surface area contributed by atoms with Crippen molar-refractivity contribution in [2.24, 2.45) is 0 Å². The van der Waals surface area contributed by atoms with E-state index in [9.17, 15) is 4.79 Å². The second-order valence-electron chi connectivity index (χ2n) is 5.12. The molecule has 2 aromatic carbocycles. The van der Waals surface area contributed by atoms with Gasteiger partial charge < -0.3 is 5.32 Å². The Morgan fingerprint density at radius 3 is 2.39 bits per heavy atom. The zero-order valence-corrected chi connectivity index (χ0v) is 13.2. The van der Waals surface area contributed by atoms with E-state index in [4.69, 9.17) is 11.6 Å². The van der Waals surface area contributed by atoms with Crippen molar-refractivity contribution in [3.63, 3.8) is 0 Å². The van der Waals surface area contributed by atoms with Crippen LogP contribution in [0.3, 0.4) is 0 Å². The molecule has 23 heavy (non-hydrogen) atoms. The molecule has 116 valence electrons. The average Bonchev–Trinajstić information content (AvgIpc) is 3.01. The first-order valence-corrected chi connectivity index (χ1v) is 7.72. The zero-order valence-electron chi connectivity index (χ0n) is 12.4. The van der Waals surface area contributed by atoms with Gasteiger partial charge in [-0.1, -0.05) is 54.1 Å². The molecule has 0 saturated carbocycles. The van der Waals surface area contributed by atoms with Gasteiger partial charge in [-0.2, -0.15) is 5.10 Å². The van der Waals surface area contributed by atoms with Gasteiger partial charge >= 0.3 is 0 Å². The van der Waals surface area contributed by atoms with Crippen molar-refractivity contribution in [1.82, 2.24) is 15.1 Å². The van der Waals surface area contributed by atoms with E-state index < -0.39 is 0 Å². The minimum atomic E-state index is -0.0946. The molecule has 0 aliphatic carbocycles. The van der Waals surface area contributed by atoms with Crippen LogP contribution >= 0.6 is 11.6 Å². The Labute approximate surface area is 139 Å². The Morgan fingerprint density at radius 1 is 1.04 bits per heavy atom. The van der Waals surface area contributed by atoms with Crippen molar-refractivity contribution in [3.8, 4) is 11.1 Å². The minimum Gasteiger partial charge on any atom is -0.350 e. The molecule has 5 heteroatoms. The van der Waals surface area contributed by atoms with E-state index in [0.29, 0.717) is 23.7 Å². The summed E-state index contributed by atoms with van der Waals surface area (Å²) in [4.78, 5) is 12.1. The third kappa shape index (κ3) is 3.99. The van der Waals surface area contributed by atoms with Gasteiger partial charge in [0.25, 0.3) is 5.91 Å². The highest BCUT2D eigenvalue weighted by molar-refractivity contribution is 6.30. The molecular formula is C18H16ClN3O. The lowest BCUT2D eigenvalue weighted by Crippen LogP contribution is -2.27. The number of benzene rings is 2. The number of nitrogens with one attached hydrogen (secondary N) is 1. The van der Waals surface area contributed by atoms with Gasteiger partial charge in [0, 0.05) is 18.3 Å². The van der Waals surface area contributed by atoms with Crippen molar-refractivity contribution in [2.75, 3.05) is 6.54 Å². The number of halogens is 1. The number of rotatable bonds is 5. The summed E-state index contributed by atoms with van der Waals surface area (Å²) in [6.45, 7) is 1.08. The smallest absolute Gasteiger partial charge is 0.251 e. The fourth-order valence-corrected chi connectivity index (χ4v) is 2.45. The second-order valence-corrected chi connectivity index (χ2v) is 5.56. The lowest BCUT2D eigenvalue weighted by Gasteiger charge is -2.07. The third-order valence-corrected chi connectivity index (χ3v) is 3.68. The first-order chi connectivity index (χ1) is 11.2. The molecule has 0 bridgehead atoms. The zero-order chi connectivity index (χ0) is 16.1. The predicted molar refractivity (Wildman–Crippen MR) is 91.4 cm³/mol. The minimum absolute atomic E-state index is 0.0946. The molecule has 1 N–H and O–H groups in total. The summed E-state index contributed by atoms with van der Waals surface area (Å²) in [5.74, 6) is -0.0946. The highest BCUT2D eigenvalue weighted by Gasteiger charge is 2.05. The predicted octanol–water partition coefficient (Wildman–Crippen LogP) is 3.63. The highest BCUT2D eigenvalue weighted by atomic mass is 35.5. The number of hydrogen-bond donors (Lipinski definition) is 1. The maximum atomic E-state index is 12.1. The summed E-state index contributed by atoms with van der Waals surface area (Å²) in [5, 5.41) is 7.53. The molecule has 0 radical (unpaired) electrons. The number of carbonyl (C=O) groups is 1. The largest absolute Gasteiger partial charge is 0.350 e. The molecule has 0 aliphatic rings. The van der Waals surface area contributed by atoms with Crippen LogP contribution in [0.25, 0.3) is 11.1 Å². The van der Waals surface area contributed by atoms with Crippen molar-refractivity contribution in [1.29, 1.82) is 0 Å². The summed E-state index contributed by atoms with van der Waals surface area (Å²) in [7, 11) is 0. The molecule has 0 atom stereocenters. The molecule has 4 nitrogen and oxygen atoms in total. The molecule has 1 aromatic heterocycles. The van der Waals surface area contributed by atoms with E-state index in [-0.39, 0.29) is 5.91 Å².